The number of hydrogen-bond donors (Lipinski definition) is 1. The molecule has 90 valence electrons. The maximum Gasteiger partial charge on any atom is 0.215 e. The zero-order valence-electron chi connectivity index (χ0n) is 8.47. The summed E-state index contributed by atoms with van der Waals surface area (Å²) in [6.45, 7) is 0.452. The Morgan fingerprint density at radius 2 is 2.13 bits per heavy atom. The van der Waals surface area contributed by atoms with Crippen LogP contribution in [0.5, 0.6) is 0 Å². The Balaban J connectivity index is 2.56. The van der Waals surface area contributed by atoms with Gasteiger partial charge in [0.1, 0.15) is 0 Å². The van der Waals surface area contributed by atoms with Gasteiger partial charge in [0.2, 0.25) is 10.0 Å². The average Bonchev–Trinajstić information content (AvgIpc) is 2.47. The zero-order chi connectivity index (χ0) is 11.5. The Morgan fingerprint density at radius 3 is 2.60 bits per heavy atom. The van der Waals surface area contributed by atoms with Crippen LogP contribution in [0, 0.1) is 0 Å². The van der Waals surface area contributed by atoms with Crippen molar-refractivity contribution in [3.63, 3.8) is 0 Å². The fraction of sp³-hybridized carbons (Fsp3) is 1.00. The largest absolute Gasteiger partial charge is 0.383 e. The topological polar surface area (TPSA) is 89.5 Å². The summed E-state index contributed by atoms with van der Waals surface area (Å²) >= 11 is 0. The van der Waals surface area contributed by atoms with Crippen LogP contribution in [0.15, 0.2) is 0 Å². The molecule has 1 fully saturated rings. The Hall–Kier alpha value is -0.180. The van der Waals surface area contributed by atoms with Crippen molar-refractivity contribution < 1.29 is 21.6 Å². The van der Waals surface area contributed by atoms with E-state index < -0.39 is 25.1 Å². The molecule has 15 heavy (non-hydrogen) atoms. The quantitative estimate of drug-likeness (QED) is 0.621. The molecule has 0 aromatic rings. The summed E-state index contributed by atoms with van der Waals surface area (Å²) in [7, 11) is -5.21. The maximum atomic E-state index is 11.6. The molecule has 0 aliphatic carbocycles. The van der Waals surface area contributed by atoms with Gasteiger partial charge in [0.05, 0.1) is 23.4 Å². The Morgan fingerprint density at radius 1 is 1.47 bits per heavy atom. The first-order valence-electron chi connectivity index (χ1n) is 4.55. The summed E-state index contributed by atoms with van der Waals surface area (Å²) in [5, 5.41) is -0.806. The highest BCUT2D eigenvalue weighted by Crippen LogP contribution is 2.17. The molecule has 0 saturated carbocycles. The summed E-state index contributed by atoms with van der Waals surface area (Å²) in [5.74, 6) is -0.307. The SMILES string of the molecule is COCCNS(=O)(=O)C1CCS(=O)(=O)C1. The van der Waals surface area contributed by atoms with Crippen molar-refractivity contribution in [3.8, 4) is 0 Å². The van der Waals surface area contributed by atoms with Crippen LogP contribution in [0.4, 0.5) is 0 Å². The molecule has 0 spiro atoms. The van der Waals surface area contributed by atoms with Crippen LogP contribution < -0.4 is 4.72 Å². The lowest BCUT2D eigenvalue weighted by Crippen LogP contribution is -2.36. The third-order valence-corrected chi connectivity index (χ3v) is 6.10. The minimum atomic E-state index is -3.51. The third kappa shape index (κ3) is 3.71. The molecule has 8 heteroatoms. The monoisotopic (exact) mass is 257 g/mol. The van der Waals surface area contributed by atoms with Crippen molar-refractivity contribution in [2.45, 2.75) is 11.7 Å². The van der Waals surface area contributed by atoms with Crippen LogP contribution >= 0.6 is 0 Å². The van der Waals surface area contributed by atoms with E-state index in [1.807, 2.05) is 0 Å². The molecule has 1 heterocycles. The molecule has 1 unspecified atom stereocenters. The minimum absolute atomic E-state index is 0.0388. The molecule has 0 radical (unpaired) electrons. The van der Waals surface area contributed by atoms with E-state index in [9.17, 15) is 16.8 Å². The van der Waals surface area contributed by atoms with Crippen molar-refractivity contribution in [1.29, 1.82) is 0 Å². The second-order valence-corrected chi connectivity index (χ2v) is 7.73. The van der Waals surface area contributed by atoms with E-state index in [2.05, 4.69) is 4.72 Å². The van der Waals surface area contributed by atoms with Crippen molar-refractivity contribution in [1.82, 2.24) is 4.72 Å². The van der Waals surface area contributed by atoms with Crippen LogP contribution in [0.2, 0.25) is 0 Å². The lowest BCUT2D eigenvalue weighted by atomic mass is 10.4. The fourth-order valence-corrected chi connectivity index (χ4v) is 5.47. The highest BCUT2D eigenvalue weighted by atomic mass is 32.2. The molecular formula is C7H15NO5S2. The van der Waals surface area contributed by atoms with Gasteiger partial charge in [-0.25, -0.2) is 21.6 Å². The fourth-order valence-electron chi connectivity index (χ4n) is 1.41. The van der Waals surface area contributed by atoms with Gasteiger partial charge in [0.15, 0.2) is 9.84 Å². The average molecular weight is 257 g/mol. The summed E-state index contributed by atoms with van der Waals surface area (Å²) in [6.07, 6.45) is 0.185. The van der Waals surface area contributed by atoms with Crippen molar-refractivity contribution in [2.24, 2.45) is 0 Å². The number of hydrogen-bond acceptors (Lipinski definition) is 5. The van der Waals surface area contributed by atoms with E-state index in [-0.39, 0.29) is 31.1 Å². The molecule has 0 amide bonds. The van der Waals surface area contributed by atoms with Gasteiger partial charge in [-0.05, 0) is 6.42 Å². The first-order chi connectivity index (χ1) is 6.87. The minimum Gasteiger partial charge on any atom is -0.383 e. The van der Waals surface area contributed by atoms with E-state index in [1.54, 1.807) is 0 Å². The summed E-state index contributed by atoms with van der Waals surface area (Å²) in [4.78, 5) is 0. The molecule has 0 aromatic carbocycles. The standard InChI is InChI=1S/C7H15NO5S2/c1-13-4-3-8-15(11,12)7-2-5-14(9,10)6-7/h7-8H,2-6H2,1H3. The van der Waals surface area contributed by atoms with Crippen LogP contribution in [-0.4, -0.2) is 53.9 Å². The zero-order valence-corrected chi connectivity index (χ0v) is 10.1. The Bertz CT molecular complexity index is 399. The van der Waals surface area contributed by atoms with Gasteiger partial charge in [-0.3, -0.25) is 0 Å². The van der Waals surface area contributed by atoms with E-state index >= 15 is 0 Å². The van der Waals surface area contributed by atoms with E-state index in [4.69, 9.17) is 4.74 Å². The van der Waals surface area contributed by atoms with Crippen LogP contribution in [0.3, 0.4) is 0 Å². The van der Waals surface area contributed by atoms with Gasteiger partial charge in [0.25, 0.3) is 0 Å². The molecule has 1 N–H and O–H groups in total. The molecule has 6 nitrogen and oxygen atoms in total. The predicted octanol–water partition coefficient (Wildman–Crippen LogP) is -1.26. The number of ether oxygens (including phenoxy) is 1. The molecule has 1 aliphatic rings. The molecule has 1 saturated heterocycles. The first kappa shape index (κ1) is 12.9. The van der Waals surface area contributed by atoms with E-state index in [0.29, 0.717) is 0 Å². The van der Waals surface area contributed by atoms with E-state index in [1.165, 1.54) is 7.11 Å². The second-order valence-electron chi connectivity index (χ2n) is 3.46. The highest BCUT2D eigenvalue weighted by molar-refractivity contribution is 7.95. The maximum absolute atomic E-state index is 11.6. The van der Waals surface area contributed by atoms with Crippen LogP contribution in [-0.2, 0) is 24.6 Å². The van der Waals surface area contributed by atoms with Gasteiger partial charge >= 0.3 is 0 Å². The number of nitrogens with one attached hydrogen (secondary N) is 1. The lowest BCUT2D eigenvalue weighted by Gasteiger charge is -2.10. The normalized spacial score (nSPS) is 25.5. The highest BCUT2D eigenvalue weighted by Gasteiger charge is 2.36. The van der Waals surface area contributed by atoms with Crippen molar-refractivity contribution in [2.75, 3.05) is 31.8 Å². The molecule has 1 aliphatic heterocycles. The number of sulfone groups is 1. The molecular weight excluding hydrogens is 242 g/mol. The van der Waals surface area contributed by atoms with Gasteiger partial charge in [0, 0.05) is 13.7 Å². The molecule has 1 rings (SSSR count). The van der Waals surface area contributed by atoms with Gasteiger partial charge < -0.3 is 4.74 Å². The molecule has 0 aromatic heterocycles. The molecule has 1 atom stereocenters. The number of methoxy groups -OCH3 is 1. The van der Waals surface area contributed by atoms with Gasteiger partial charge in [-0.15, -0.1) is 0 Å². The predicted molar refractivity (Wildman–Crippen MR) is 55.9 cm³/mol. The van der Waals surface area contributed by atoms with Crippen molar-refractivity contribution >= 4 is 19.9 Å². The Kier molecular flexibility index (Phi) is 4.10. The van der Waals surface area contributed by atoms with Gasteiger partial charge in [-0.1, -0.05) is 0 Å². The second kappa shape index (κ2) is 4.77. The Labute approximate surface area is 90.0 Å². The summed E-state index contributed by atoms with van der Waals surface area (Å²) in [6, 6.07) is 0. The lowest BCUT2D eigenvalue weighted by molar-refractivity contribution is 0.204. The van der Waals surface area contributed by atoms with Crippen LogP contribution in [0.25, 0.3) is 0 Å². The number of sulfonamides is 1. The van der Waals surface area contributed by atoms with Gasteiger partial charge in [-0.2, -0.15) is 0 Å². The van der Waals surface area contributed by atoms with E-state index in [0.717, 1.165) is 0 Å². The summed E-state index contributed by atoms with van der Waals surface area (Å²) < 4.78 is 52.3. The number of rotatable bonds is 5. The third-order valence-electron chi connectivity index (χ3n) is 2.24. The molecule has 0 bridgehead atoms. The van der Waals surface area contributed by atoms with Crippen molar-refractivity contribution in [3.05, 3.63) is 0 Å². The summed E-state index contributed by atoms with van der Waals surface area (Å²) in [5.41, 5.74) is 0. The first-order valence-corrected chi connectivity index (χ1v) is 7.92. The van der Waals surface area contributed by atoms with Crippen LogP contribution in [0.1, 0.15) is 6.42 Å². The smallest absolute Gasteiger partial charge is 0.215 e.